The molecule has 4 heteroatoms. The SMILES string of the molecule is O=C(CC1CCCC1)OCc1ccc(COC(=O)CC2CCCC2)cc1. The number of carbonyl (C=O) groups is 2. The summed E-state index contributed by atoms with van der Waals surface area (Å²) in [7, 11) is 0. The highest BCUT2D eigenvalue weighted by Gasteiger charge is 2.20. The predicted molar refractivity (Wildman–Crippen MR) is 99.2 cm³/mol. The van der Waals surface area contributed by atoms with Crippen molar-refractivity contribution in [3.8, 4) is 0 Å². The highest BCUT2D eigenvalue weighted by molar-refractivity contribution is 5.70. The molecular weight excluding hydrogens is 328 g/mol. The largest absolute Gasteiger partial charge is 0.461 e. The minimum absolute atomic E-state index is 0.0955. The van der Waals surface area contributed by atoms with Crippen molar-refractivity contribution in [3.05, 3.63) is 35.4 Å². The van der Waals surface area contributed by atoms with Crippen LogP contribution in [0.2, 0.25) is 0 Å². The van der Waals surface area contributed by atoms with Crippen molar-refractivity contribution >= 4 is 11.9 Å². The van der Waals surface area contributed by atoms with Crippen LogP contribution in [-0.2, 0) is 32.3 Å². The molecular formula is C22H30O4. The maximum atomic E-state index is 11.9. The van der Waals surface area contributed by atoms with Gasteiger partial charge in [0.05, 0.1) is 0 Å². The summed E-state index contributed by atoms with van der Waals surface area (Å²) in [4.78, 5) is 23.8. The van der Waals surface area contributed by atoms with E-state index < -0.39 is 0 Å². The van der Waals surface area contributed by atoms with Crippen LogP contribution >= 0.6 is 0 Å². The summed E-state index contributed by atoms with van der Waals surface area (Å²) in [6.45, 7) is 0.626. The van der Waals surface area contributed by atoms with Crippen molar-refractivity contribution < 1.29 is 19.1 Å². The zero-order valence-electron chi connectivity index (χ0n) is 15.6. The molecule has 2 aliphatic rings. The van der Waals surface area contributed by atoms with Gasteiger partial charge in [0.1, 0.15) is 13.2 Å². The first kappa shape index (κ1) is 18.9. The fourth-order valence-corrected chi connectivity index (χ4v) is 4.08. The lowest BCUT2D eigenvalue weighted by Crippen LogP contribution is -2.10. The van der Waals surface area contributed by atoms with E-state index in [0.717, 1.165) is 36.8 Å². The van der Waals surface area contributed by atoms with Crippen LogP contribution in [0.1, 0.15) is 75.3 Å². The Kier molecular flexibility index (Phi) is 7.10. The van der Waals surface area contributed by atoms with E-state index in [9.17, 15) is 9.59 Å². The van der Waals surface area contributed by atoms with Crippen LogP contribution in [0, 0.1) is 11.8 Å². The van der Waals surface area contributed by atoms with Gasteiger partial charge in [0.15, 0.2) is 0 Å². The number of hydrogen-bond acceptors (Lipinski definition) is 4. The summed E-state index contributed by atoms with van der Waals surface area (Å²) in [5.74, 6) is 0.844. The lowest BCUT2D eigenvalue weighted by atomic mass is 10.0. The summed E-state index contributed by atoms with van der Waals surface area (Å²) in [6.07, 6.45) is 10.7. The van der Waals surface area contributed by atoms with Crippen molar-refractivity contribution in [2.24, 2.45) is 11.8 Å². The van der Waals surface area contributed by atoms with E-state index in [1.54, 1.807) is 0 Å². The summed E-state index contributed by atoms with van der Waals surface area (Å²) in [5.41, 5.74) is 1.93. The third-order valence-electron chi connectivity index (χ3n) is 5.68. The molecule has 3 rings (SSSR count). The smallest absolute Gasteiger partial charge is 0.306 e. The fourth-order valence-electron chi connectivity index (χ4n) is 4.08. The molecule has 0 heterocycles. The van der Waals surface area contributed by atoms with Crippen molar-refractivity contribution in [1.29, 1.82) is 0 Å². The minimum Gasteiger partial charge on any atom is -0.461 e. The quantitative estimate of drug-likeness (QED) is 0.618. The second-order valence-electron chi connectivity index (χ2n) is 7.85. The van der Waals surface area contributed by atoms with Gasteiger partial charge in [0.2, 0.25) is 0 Å². The first-order valence-electron chi connectivity index (χ1n) is 10.1. The summed E-state index contributed by atoms with van der Waals surface area (Å²) in [5, 5.41) is 0. The Morgan fingerprint density at radius 1 is 0.692 bits per heavy atom. The monoisotopic (exact) mass is 358 g/mol. The molecule has 0 spiro atoms. The molecule has 2 aliphatic carbocycles. The third kappa shape index (κ3) is 6.15. The van der Waals surface area contributed by atoms with Crippen LogP contribution in [0.25, 0.3) is 0 Å². The van der Waals surface area contributed by atoms with Crippen LogP contribution in [0.4, 0.5) is 0 Å². The molecule has 4 nitrogen and oxygen atoms in total. The molecule has 0 N–H and O–H groups in total. The van der Waals surface area contributed by atoms with E-state index in [4.69, 9.17) is 9.47 Å². The maximum absolute atomic E-state index is 11.9. The van der Waals surface area contributed by atoms with E-state index >= 15 is 0 Å². The topological polar surface area (TPSA) is 52.6 Å². The molecule has 0 radical (unpaired) electrons. The molecule has 0 atom stereocenters. The highest BCUT2D eigenvalue weighted by atomic mass is 16.5. The zero-order valence-corrected chi connectivity index (χ0v) is 15.6. The van der Waals surface area contributed by atoms with Crippen molar-refractivity contribution in [2.75, 3.05) is 0 Å². The van der Waals surface area contributed by atoms with Crippen molar-refractivity contribution in [3.63, 3.8) is 0 Å². The molecule has 0 aliphatic heterocycles. The van der Waals surface area contributed by atoms with Crippen LogP contribution < -0.4 is 0 Å². The summed E-state index contributed by atoms with van der Waals surface area (Å²) >= 11 is 0. The second-order valence-corrected chi connectivity index (χ2v) is 7.85. The molecule has 2 fully saturated rings. The Morgan fingerprint density at radius 3 is 1.38 bits per heavy atom. The van der Waals surface area contributed by atoms with Gasteiger partial charge < -0.3 is 9.47 Å². The van der Waals surface area contributed by atoms with Crippen molar-refractivity contribution in [2.45, 2.75) is 77.4 Å². The minimum atomic E-state index is -0.0955. The van der Waals surface area contributed by atoms with Gasteiger partial charge in [0, 0.05) is 12.8 Å². The summed E-state index contributed by atoms with van der Waals surface area (Å²) < 4.78 is 10.8. The van der Waals surface area contributed by atoms with E-state index in [2.05, 4.69) is 0 Å². The van der Waals surface area contributed by atoms with Gasteiger partial charge in [-0.05, 0) is 48.6 Å². The first-order valence-corrected chi connectivity index (χ1v) is 10.1. The predicted octanol–water partition coefficient (Wildman–Crippen LogP) is 4.93. The third-order valence-corrected chi connectivity index (χ3v) is 5.68. The van der Waals surface area contributed by atoms with Gasteiger partial charge in [-0.15, -0.1) is 0 Å². The number of carbonyl (C=O) groups excluding carboxylic acids is 2. The number of hydrogen-bond donors (Lipinski definition) is 0. The van der Waals surface area contributed by atoms with Crippen LogP contribution in [0.15, 0.2) is 24.3 Å². The van der Waals surface area contributed by atoms with Gasteiger partial charge in [-0.3, -0.25) is 9.59 Å². The Labute approximate surface area is 156 Å². The molecule has 0 amide bonds. The Morgan fingerprint density at radius 2 is 1.04 bits per heavy atom. The number of esters is 2. The first-order chi connectivity index (χ1) is 12.7. The number of benzene rings is 1. The van der Waals surface area contributed by atoms with E-state index in [-0.39, 0.29) is 11.9 Å². The van der Waals surface area contributed by atoms with Gasteiger partial charge in [-0.25, -0.2) is 0 Å². The van der Waals surface area contributed by atoms with Gasteiger partial charge in [-0.1, -0.05) is 49.9 Å². The van der Waals surface area contributed by atoms with E-state index in [0.29, 0.717) is 37.9 Å². The van der Waals surface area contributed by atoms with Crippen LogP contribution in [-0.4, -0.2) is 11.9 Å². The van der Waals surface area contributed by atoms with Gasteiger partial charge in [0.25, 0.3) is 0 Å². The standard InChI is InChI=1S/C22H30O4/c23-21(13-17-5-1-2-6-17)25-15-19-9-11-20(12-10-19)16-26-22(24)14-18-7-3-4-8-18/h9-12,17-18H,1-8,13-16H2. The molecule has 142 valence electrons. The number of rotatable bonds is 8. The Hall–Kier alpha value is -1.84. The van der Waals surface area contributed by atoms with E-state index in [1.165, 1.54) is 25.7 Å². The Balaban J connectivity index is 1.34. The maximum Gasteiger partial charge on any atom is 0.306 e. The molecule has 0 aromatic heterocycles. The van der Waals surface area contributed by atoms with Crippen molar-refractivity contribution in [1.82, 2.24) is 0 Å². The average Bonchev–Trinajstić information content (AvgIpc) is 3.33. The van der Waals surface area contributed by atoms with Crippen LogP contribution in [0.3, 0.4) is 0 Å². The molecule has 0 unspecified atom stereocenters. The normalized spacial score (nSPS) is 18.2. The van der Waals surface area contributed by atoms with Gasteiger partial charge in [-0.2, -0.15) is 0 Å². The zero-order chi connectivity index (χ0) is 18.2. The van der Waals surface area contributed by atoms with Gasteiger partial charge >= 0.3 is 11.9 Å². The molecule has 26 heavy (non-hydrogen) atoms. The average molecular weight is 358 g/mol. The molecule has 0 saturated heterocycles. The molecule has 1 aromatic rings. The lowest BCUT2D eigenvalue weighted by molar-refractivity contribution is -0.147. The molecule has 2 saturated carbocycles. The highest BCUT2D eigenvalue weighted by Crippen LogP contribution is 2.28. The van der Waals surface area contributed by atoms with Crippen LogP contribution in [0.5, 0.6) is 0 Å². The lowest BCUT2D eigenvalue weighted by Gasteiger charge is -2.10. The fraction of sp³-hybridized carbons (Fsp3) is 0.636. The molecule has 0 bridgehead atoms. The second kappa shape index (κ2) is 9.75. The number of ether oxygens (including phenoxy) is 2. The van der Waals surface area contributed by atoms with E-state index in [1.807, 2.05) is 24.3 Å². The molecule has 1 aromatic carbocycles. The Bertz CT molecular complexity index is 528. The summed E-state index contributed by atoms with van der Waals surface area (Å²) in [6, 6.07) is 7.73.